The first-order chi connectivity index (χ1) is 7.15. The maximum absolute atomic E-state index is 10.8. The van der Waals surface area contributed by atoms with Gasteiger partial charge < -0.3 is 9.47 Å². The predicted octanol–water partition coefficient (Wildman–Crippen LogP) is 1.47. The molecule has 4 heteroatoms. The molecule has 0 aliphatic rings. The quantitative estimate of drug-likeness (QED) is 0.360. The SMILES string of the molecule is C=CC(=O)OC[SiH2]C(CC)C(C)OCC. The summed E-state index contributed by atoms with van der Waals surface area (Å²) in [5.74, 6) is -0.318. The smallest absolute Gasteiger partial charge is 0.329 e. The van der Waals surface area contributed by atoms with Crippen LogP contribution in [0.25, 0.3) is 0 Å². The van der Waals surface area contributed by atoms with E-state index in [0.717, 1.165) is 13.0 Å². The molecular weight excluding hydrogens is 208 g/mol. The van der Waals surface area contributed by atoms with Crippen molar-refractivity contribution in [1.82, 2.24) is 0 Å². The van der Waals surface area contributed by atoms with E-state index in [4.69, 9.17) is 9.47 Å². The summed E-state index contributed by atoms with van der Waals surface area (Å²) in [6.45, 7) is 10.4. The normalized spacial score (nSPS) is 15.1. The van der Waals surface area contributed by atoms with Gasteiger partial charge in [-0.3, -0.25) is 0 Å². The van der Waals surface area contributed by atoms with Crippen molar-refractivity contribution in [2.75, 3.05) is 12.8 Å². The molecule has 3 nitrogen and oxygen atoms in total. The van der Waals surface area contributed by atoms with Gasteiger partial charge in [-0.2, -0.15) is 0 Å². The minimum absolute atomic E-state index is 0.286. The van der Waals surface area contributed by atoms with E-state index in [1.165, 1.54) is 6.08 Å². The van der Waals surface area contributed by atoms with Gasteiger partial charge in [-0.25, -0.2) is 4.79 Å². The Bertz CT molecular complexity index is 194. The zero-order valence-electron chi connectivity index (χ0n) is 9.99. The van der Waals surface area contributed by atoms with E-state index in [2.05, 4.69) is 20.4 Å². The molecule has 0 bridgehead atoms. The Morgan fingerprint density at radius 1 is 1.53 bits per heavy atom. The number of rotatable bonds is 8. The van der Waals surface area contributed by atoms with E-state index in [-0.39, 0.29) is 12.1 Å². The van der Waals surface area contributed by atoms with Crippen molar-refractivity contribution in [3.05, 3.63) is 12.7 Å². The van der Waals surface area contributed by atoms with Crippen molar-refractivity contribution in [2.24, 2.45) is 0 Å². The molecular formula is C11H22O3Si. The molecule has 0 heterocycles. The molecule has 0 amide bonds. The fourth-order valence-electron chi connectivity index (χ4n) is 1.54. The lowest BCUT2D eigenvalue weighted by Gasteiger charge is -2.21. The fourth-order valence-corrected chi connectivity index (χ4v) is 3.18. The van der Waals surface area contributed by atoms with E-state index in [9.17, 15) is 4.79 Å². The molecule has 0 saturated heterocycles. The van der Waals surface area contributed by atoms with Crippen LogP contribution in [0.5, 0.6) is 0 Å². The second kappa shape index (κ2) is 8.68. The number of carbonyl (C=O) groups excluding carboxylic acids is 1. The number of hydrogen-bond acceptors (Lipinski definition) is 3. The van der Waals surface area contributed by atoms with Gasteiger partial charge >= 0.3 is 5.97 Å². The molecule has 0 rings (SSSR count). The molecule has 0 aliphatic heterocycles. The molecule has 0 aliphatic carbocycles. The van der Waals surface area contributed by atoms with Gasteiger partial charge in [0.25, 0.3) is 0 Å². The summed E-state index contributed by atoms with van der Waals surface area (Å²) in [4.78, 5) is 10.8. The summed E-state index contributed by atoms with van der Waals surface area (Å²) >= 11 is 0. The Morgan fingerprint density at radius 2 is 2.20 bits per heavy atom. The highest BCUT2D eigenvalue weighted by atomic mass is 28.2. The van der Waals surface area contributed by atoms with E-state index in [0.29, 0.717) is 11.8 Å². The first-order valence-electron chi connectivity index (χ1n) is 5.56. The summed E-state index contributed by atoms with van der Waals surface area (Å²) < 4.78 is 10.6. The van der Waals surface area contributed by atoms with Crippen LogP contribution in [0.2, 0.25) is 5.54 Å². The minimum atomic E-state index is -0.410. The lowest BCUT2D eigenvalue weighted by atomic mass is 10.2. The lowest BCUT2D eigenvalue weighted by molar-refractivity contribution is -0.135. The van der Waals surface area contributed by atoms with E-state index in [1.54, 1.807) is 0 Å². The topological polar surface area (TPSA) is 35.5 Å². The van der Waals surface area contributed by atoms with Crippen LogP contribution in [-0.2, 0) is 14.3 Å². The summed E-state index contributed by atoms with van der Waals surface area (Å²) in [5, 5.41) is 0. The Labute approximate surface area is 94.7 Å². The maximum Gasteiger partial charge on any atom is 0.329 e. The molecule has 0 aromatic rings. The van der Waals surface area contributed by atoms with Crippen molar-refractivity contribution < 1.29 is 14.3 Å². The Balaban J connectivity index is 3.78. The minimum Gasteiger partial charge on any atom is -0.467 e. The number of esters is 1. The van der Waals surface area contributed by atoms with Crippen molar-refractivity contribution in [1.29, 1.82) is 0 Å². The zero-order chi connectivity index (χ0) is 11.7. The van der Waals surface area contributed by atoms with Gasteiger partial charge in [0.15, 0.2) is 0 Å². The van der Waals surface area contributed by atoms with Gasteiger partial charge in [-0.05, 0) is 19.4 Å². The van der Waals surface area contributed by atoms with Crippen molar-refractivity contribution >= 4 is 15.5 Å². The van der Waals surface area contributed by atoms with Crippen LogP contribution in [0.15, 0.2) is 12.7 Å². The Kier molecular flexibility index (Phi) is 8.32. The third-order valence-corrected chi connectivity index (χ3v) is 4.94. The highest BCUT2D eigenvalue weighted by Gasteiger charge is 2.16. The molecule has 15 heavy (non-hydrogen) atoms. The average Bonchev–Trinajstić information content (AvgIpc) is 2.24. The summed E-state index contributed by atoms with van der Waals surface area (Å²) in [7, 11) is -0.410. The average molecular weight is 230 g/mol. The molecule has 0 saturated carbocycles. The summed E-state index contributed by atoms with van der Waals surface area (Å²) in [5.41, 5.74) is 0.586. The van der Waals surface area contributed by atoms with Crippen molar-refractivity contribution in [3.63, 3.8) is 0 Å². The first-order valence-corrected chi connectivity index (χ1v) is 7.38. The third-order valence-electron chi connectivity index (χ3n) is 2.52. The molecule has 2 unspecified atom stereocenters. The van der Waals surface area contributed by atoms with E-state index in [1.807, 2.05) is 6.92 Å². The second-order valence-electron chi connectivity index (χ2n) is 3.49. The van der Waals surface area contributed by atoms with Crippen LogP contribution in [0.1, 0.15) is 27.2 Å². The first kappa shape index (κ1) is 14.4. The predicted molar refractivity (Wildman–Crippen MR) is 64.8 cm³/mol. The Hall–Kier alpha value is -0.613. The molecule has 2 atom stereocenters. The van der Waals surface area contributed by atoms with Gasteiger partial charge in [0.1, 0.15) is 0 Å². The van der Waals surface area contributed by atoms with Crippen molar-refractivity contribution in [2.45, 2.75) is 38.8 Å². The third kappa shape index (κ3) is 6.46. The van der Waals surface area contributed by atoms with Crippen LogP contribution in [0, 0.1) is 0 Å². The standard InChI is InChI=1S/C11H22O3Si/c1-5-10(9(4)13-7-3)15-8-14-11(12)6-2/h6,9-10H,2,5,7-8,15H2,1,3-4H3. The molecule has 0 aromatic heterocycles. The molecule has 0 radical (unpaired) electrons. The van der Waals surface area contributed by atoms with Gasteiger partial charge in [0.2, 0.25) is 0 Å². The summed E-state index contributed by atoms with van der Waals surface area (Å²) in [6.07, 6.45) is 3.18. The van der Waals surface area contributed by atoms with Crippen LogP contribution in [0.4, 0.5) is 0 Å². The Morgan fingerprint density at radius 3 is 2.67 bits per heavy atom. The van der Waals surface area contributed by atoms with Gasteiger partial charge in [0, 0.05) is 12.7 Å². The molecule has 0 N–H and O–H groups in total. The maximum atomic E-state index is 10.8. The van der Waals surface area contributed by atoms with Crippen LogP contribution in [0.3, 0.4) is 0 Å². The number of ether oxygens (including phenoxy) is 2. The van der Waals surface area contributed by atoms with E-state index < -0.39 is 9.52 Å². The second-order valence-corrected chi connectivity index (χ2v) is 5.52. The molecule has 0 aromatic carbocycles. The highest BCUT2D eigenvalue weighted by molar-refractivity contribution is 6.37. The monoisotopic (exact) mass is 230 g/mol. The zero-order valence-corrected chi connectivity index (χ0v) is 11.4. The molecule has 0 fully saturated rings. The van der Waals surface area contributed by atoms with E-state index >= 15 is 0 Å². The lowest BCUT2D eigenvalue weighted by Crippen LogP contribution is -2.24. The van der Waals surface area contributed by atoms with Gasteiger partial charge in [-0.1, -0.05) is 19.9 Å². The number of hydrogen-bond donors (Lipinski definition) is 0. The molecule has 0 spiro atoms. The van der Waals surface area contributed by atoms with Crippen molar-refractivity contribution in [3.8, 4) is 0 Å². The van der Waals surface area contributed by atoms with Gasteiger partial charge in [-0.15, -0.1) is 0 Å². The number of carbonyl (C=O) groups is 1. The fraction of sp³-hybridized carbons (Fsp3) is 0.727. The largest absolute Gasteiger partial charge is 0.467 e. The summed E-state index contributed by atoms with van der Waals surface area (Å²) in [6, 6.07) is 0. The highest BCUT2D eigenvalue weighted by Crippen LogP contribution is 2.17. The van der Waals surface area contributed by atoms with Crippen LogP contribution < -0.4 is 0 Å². The van der Waals surface area contributed by atoms with Gasteiger partial charge in [0.05, 0.1) is 21.9 Å². The van der Waals surface area contributed by atoms with Crippen LogP contribution >= 0.6 is 0 Å². The molecule has 88 valence electrons. The van der Waals surface area contributed by atoms with Crippen LogP contribution in [-0.4, -0.2) is 34.4 Å².